The summed E-state index contributed by atoms with van der Waals surface area (Å²) in [4.78, 5) is 0. The first-order valence-corrected chi connectivity index (χ1v) is 6.80. The van der Waals surface area contributed by atoms with Crippen LogP contribution in [-0.4, -0.2) is 13.2 Å². The first-order chi connectivity index (χ1) is 9.31. The third-order valence-corrected chi connectivity index (χ3v) is 3.16. The van der Waals surface area contributed by atoms with Gasteiger partial charge in [-0.2, -0.15) is 0 Å². The molecule has 2 nitrogen and oxygen atoms in total. The van der Waals surface area contributed by atoms with Gasteiger partial charge in [-0.3, -0.25) is 0 Å². The molecule has 0 heterocycles. The van der Waals surface area contributed by atoms with Crippen LogP contribution in [0.1, 0.15) is 18.4 Å². The Morgan fingerprint density at radius 2 is 1.84 bits per heavy atom. The summed E-state index contributed by atoms with van der Waals surface area (Å²) in [5, 5.41) is 0. The molecule has 0 amide bonds. The van der Waals surface area contributed by atoms with E-state index in [0.717, 1.165) is 31.7 Å². The molecular weight excluding hydrogens is 234 g/mol. The molecule has 2 N–H and O–H groups in total. The van der Waals surface area contributed by atoms with Crippen LogP contribution in [0.5, 0.6) is 5.75 Å². The lowest BCUT2D eigenvalue weighted by atomic mass is 10.0. The highest BCUT2D eigenvalue weighted by molar-refractivity contribution is 5.68. The van der Waals surface area contributed by atoms with Crippen molar-refractivity contribution in [3.63, 3.8) is 0 Å². The van der Waals surface area contributed by atoms with Crippen LogP contribution in [0.15, 0.2) is 48.5 Å². The maximum Gasteiger partial charge on any atom is 0.119 e. The van der Waals surface area contributed by atoms with E-state index in [0.29, 0.717) is 0 Å². The second kappa shape index (κ2) is 6.95. The SMILES string of the molecule is Cc1ccccc1-c1cccc(OCCCCN)c1. The minimum absolute atomic E-state index is 0.729. The second-order valence-corrected chi connectivity index (χ2v) is 4.69. The van der Waals surface area contributed by atoms with Crippen LogP contribution >= 0.6 is 0 Å². The Morgan fingerprint density at radius 3 is 2.63 bits per heavy atom. The van der Waals surface area contributed by atoms with E-state index in [9.17, 15) is 0 Å². The molecule has 0 saturated carbocycles. The largest absolute Gasteiger partial charge is 0.494 e. The van der Waals surface area contributed by atoms with Crippen molar-refractivity contribution in [3.05, 3.63) is 54.1 Å². The van der Waals surface area contributed by atoms with Gasteiger partial charge in [-0.15, -0.1) is 0 Å². The molecule has 100 valence electrons. The lowest BCUT2D eigenvalue weighted by molar-refractivity contribution is 0.308. The molecule has 19 heavy (non-hydrogen) atoms. The Kier molecular flexibility index (Phi) is 4.99. The van der Waals surface area contributed by atoms with Crippen molar-refractivity contribution in [2.24, 2.45) is 5.73 Å². The zero-order valence-electron chi connectivity index (χ0n) is 11.4. The van der Waals surface area contributed by atoms with Gasteiger partial charge in [0.2, 0.25) is 0 Å². The third-order valence-electron chi connectivity index (χ3n) is 3.16. The highest BCUT2D eigenvalue weighted by Crippen LogP contribution is 2.26. The van der Waals surface area contributed by atoms with Gasteiger partial charge in [0, 0.05) is 0 Å². The smallest absolute Gasteiger partial charge is 0.119 e. The Hall–Kier alpha value is -1.80. The molecular formula is C17H21NO. The number of unbranched alkanes of at least 4 members (excludes halogenated alkanes) is 1. The monoisotopic (exact) mass is 255 g/mol. The van der Waals surface area contributed by atoms with Crippen molar-refractivity contribution in [1.29, 1.82) is 0 Å². The maximum atomic E-state index is 5.75. The Labute approximate surface area is 115 Å². The Morgan fingerprint density at radius 1 is 1.00 bits per heavy atom. The van der Waals surface area contributed by atoms with Gasteiger partial charge >= 0.3 is 0 Å². The number of benzene rings is 2. The van der Waals surface area contributed by atoms with Crippen molar-refractivity contribution in [2.75, 3.05) is 13.2 Å². The summed E-state index contributed by atoms with van der Waals surface area (Å²) in [7, 11) is 0. The first-order valence-electron chi connectivity index (χ1n) is 6.80. The number of nitrogens with two attached hydrogens (primary N) is 1. The van der Waals surface area contributed by atoms with E-state index < -0.39 is 0 Å². The van der Waals surface area contributed by atoms with Crippen molar-refractivity contribution < 1.29 is 4.74 Å². The average molecular weight is 255 g/mol. The fraction of sp³-hybridized carbons (Fsp3) is 0.294. The predicted molar refractivity (Wildman–Crippen MR) is 80.4 cm³/mol. The molecule has 0 radical (unpaired) electrons. The molecule has 0 fully saturated rings. The summed E-state index contributed by atoms with van der Waals surface area (Å²) in [6.45, 7) is 3.59. The van der Waals surface area contributed by atoms with Crippen molar-refractivity contribution in [2.45, 2.75) is 19.8 Å². The molecule has 2 heteroatoms. The number of aryl methyl sites for hydroxylation is 1. The van der Waals surface area contributed by atoms with Gasteiger partial charge in [-0.25, -0.2) is 0 Å². The average Bonchev–Trinajstić information content (AvgIpc) is 2.44. The molecule has 0 aliphatic heterocycles. The van der Waals surface area contributed by atoms with Gasteiger partial charge in [0.1, 0.15) is 5.75 Å². The molecule has 2 aromatic carbocycles. The summed E-state index contributed by atoms with van der Waals surface area (Å²) < 4.78 is 5.75. The van der Waals surface area contributed by atoms with E-state index in [1.54, 1.807) is 0 Å². The molecule has 0 aliphatic carbocycles. The third kappa shape index (κ3) is 3.83. The Balaban J connectivity index is 2.09. The van der Waals surface area contributed by atoms with Crippen molar-refractivity contribution in [1.82, 2.24) is 0 Å². The number of hydrogen-bond donors (Lipinski definition) is 1. The summed E-state index contributed by atoms with van der Waals surface area (Å²) in [5.74, 6) is 0.928. The van der Waals surface area contributed by atoms with Gasteiger partial charge in [0.15, 0.2) is 0 Å². The fourth-order valence-corrected chi connectivity index (χ4v) is 2.09. The van der Waals surface area contributed by atoms with Crippen LogP contribution in [0.2, 0.25) is 0 Å². The van der Waals surface area contributed by atoms with E-state index >= 15 is 0 Å². The van der Waals surface area contributed by atoms with Gasteiger partial charge in [0.25, 0.3) is 0 Å². The summed E-state index contributed by atoms with van der Waals surface area (Å²) in [5.41, 5.74) is 9.21. The molecule has 0 aromatic heterocycles. The lowest BCUT2D eigenvalue weighted by Crippen LogP contribution is -2.03. The van der Waals surface area contributed by atoms with Gasteiger partial charge in [-0.1, -0.05) is 36.4 Å². The number of ether oxygens (including phenoxy) is 1. The maximum absolute atomic E-state index is 5.75. The molecule has 0 aliphatic rings. The van der Waals surface area contributed by atoms with Gasteiger partial charge in [-0.05, 0) is 55.1 Å². The van der Waals surface area contributed by atoms with Crippen LogP contribution in [0.25, 0.3) is 11.1 Å². The first kappa shape index (κ1) is 13.6. The van der Waals surface area contributed by atoms with Crippen LogP contribution < -0.4 is 10.5 Å². The standard InChI is InChI=1S/C17H21NO/c1-14-7-2-3-10-17(14)15-8-6-9-16(13-15)19-12-5-4-11-18/h2-3,6-10,13H,4-5,11-12,18H2,1H3. The normalized spacial score (nSPS) is 10.4. The van der Waals surface area contributed by atoms with Crippen LogP contribution in [0.4, 0.5) is 0 Å². The zero-order chi connectivity index (χ0) is 13.5. The van der Waals surface area contributed by atoms with E-state index in [2.05, 4.69) is 43.3 Å². The molecule has 0 bridgehead atoms. The van der Waals surface area contributed by atoms with Crippen LogP contribution in [0, 0.1) is 6.92 Å². The topological polar surface area (TPSA) is 35.2 Å². The minimum atomic E-state index is 0.729. The summed E-state index contributed by atoms with van der Waals surface area (Å²) in [6.07, 6.45) is 2.02. The molecule has 2 aromatic rings. The van der Waals surface area contributed by atoms with Crippen LogP contribution in [0.3, 0.4) is 0 Å². The predicted octanol–water partition coefficient (Wildman–Crippen LogP) is 3.78. The minimum Gasteiger partial charge on any atom is -0.494 e. The number of rotatable bonds is 6. The molecule has 0 saturated heterocycles. The van der Waals surface area contributed by atoms with Crippen LogP contribution in [-0.2, 0) is 0 Å². The molecule has 0 unspecified atom stereocenters. The van der Waals surface area contributed by atoms with Gasteiger partial charge < -0.3 is 10.5 Å². The van der Waals surface area contributed by atoms with E-state index in [-0.39, 0.29) is 0 Å². The lowest BCUT2D eigenvalue weighted by Gasteiger charge is -2.09. The molecule has 0 atom stereocenters. The highest BCUT2D eigenvalue weighted by atomic mass is 16.5. The Bertz CT molecular complexity index is 522. The van der Waals surface area contributed by atoms with E-state index in [1.165, 1.54) is 16.7 Å². The number of hydrogen-bond acceptors (Lipinski definition) is 2. The van der Waals surface area contributed by atoms with E-state index in [1.807, 2.05) is 12.1 Å². The van der Waals surface area contributed by atoms with Crippen molar-refractivity contribution in [3.8, 4) is 16.9 Å². The molecule has 2 rings (SSSR count). The quantitative estimate of drug-likeness (QED) is 0.797. The molecule has 0 spiro atoms. The second-order valence-electron chi connectivity index (χ2n) is 4.69. The fourth-order valence-electron chi connectivity index (χ4n) is 2.09. The van der Waals surface area contributed by atoms with E-state index in [4.69, 9.17) is 10.5 Å². The summed E-state index contributed by atoms with van der Waals surface area (Å²) >= 11 is 0. The van der Waals surface area contributed by atoms with Crippen molar-refractivity contribution >= 4 is 0 Å². The van der Waals surface area contributed by atoms with Gasteiger partial charge in [0.05, 0.1) is 6.61 Å². The summed E-state index contributed by atoms with van der Waals surface area (Å²) in [6, 6.07) is 16.7. The highest BCUT2D eigenvalue weighted by Gasteiger charge is 2.02. The zero-order valence-corrected chi connectivity index (χ0v) is 11.4.